The van der Waals surface area contributed by atoms with Gasteiger partial charge in [0.05, 0.1) is 12.1 Å². The molecule has 1 heterocycles. The van der Waals surface area contributed by atoms with Crippen LogP contribution >= 0.6 is 11.6 Å². The van der Waals surface area contributed by atoms with Gasteiger partial charge in [0.15, 0.2) is 0 Å². The van der Waals surface area contributed by atoms with Gasteiger partial charge in [-0.3, -0.25) is 0 Å². The largest absolute Gasteiger partial charge is 0.385 e. The normalized spacial score (nSPS) is 29.1. The van der Waals surface area contributed by atoms with Gasteiger partial charge >= 0.3 is 0 Å². The maximum absolute atomic E-state index is 11.4. The number of aromatic nitrogens is 3. The quantitative estimate of drug-likeness (QED) is 0.921. The number of halogens is 1. The third kappa shape index (κ3) is 3.38. The molecule has 3 rings (SSSR count). The first kappa shape index (κ1) is 17.1. The Bertz CT molecular complexity index is 714. The summed E-state index contributed by atoms with van der Waals surface area (Å²) in [5.41, 5.74) is 0.593. The number of ether oxygens (including phenoxy) is 1. The Morgan fingerprint density at radius 2 is 2.12 bits per heavy atom. The smallest absolute Gasteiger partial charge is 0.137 e. The molecule has 0 radical (unpaired) electrons. The van der Waals surface area contributed by atoms with Crippen molar-refractivity contribution in [2.24, 2.45) is 0 Å². The molecule has 6 heteroatoms. The number of hydrogen-bond acceptors (Lipinski definition) is 4. The molecule has 2 aromatic rings. The standard InChI is InChI=1S/C18H22ClN3O2/c1-17(24-2)8-7-15(9-14-3-5-16(19)6-4-14)10-18(17,23)11-22-13-20-12-21-22/h3-6,9,12-13,23H,7-8,10-11H2,1-2H3/b15-9+/t17-,18+/m1/s1. The number of nitrogens with zero attached hydrogens (tertiary/aromatic N) is 3. The van der Waals surface area contributed by atoms with Crippen LogP contribution in [0.15, 0.2) is 42.5 Å². The third-order valence-corrected chi connectivity index (χ3v) is 5.26. The molecule has 24 heavy (non-hydrogen) atoms. The number of hydrogen-bond donors (Lipinski definition) is 1. The molecule has 2 atom stereocenters. The topological polar surface area (TPSA) is 60.2 Å². The van der Waals surface area contributed by atoms with Gasteiger partial charge in [0, 0.05) is 18.6 Å². The fraction of sp³-hybridized carbons (Fsp3) is 0.444. The molecule has 0 bridgehead atoms. The van der Waals surface area contributed by atoms with E-state index in [9.17, 15) is 5.11 Å². The Balaban J connectivity index is 1.87. The summed E-state index contributed by atoms with van der Waals surface area (Å²) in [6.45, 7) is 2.30. The van der Waals surface area contributed by atoms with Gasteiger partial charge in [-0.25, -0.2) is 9.67 Å². The van der Waals surface area contributed by atoms with Gasteiger partial charge < -0.3 is 9.84 Å². The van der Waals surface area contributed by atoms with Gasteiger partial charge in [-0.2, -0.15) is 5.10 Å². The second-order valence-electron chi connectivity index (χ2n) is 6.59. The van der Waals surface area contributed by atoms with Crippen LogP contribution in [0.25, 0.3) is 6.08 Å². The van der Waals surface area contributed by atoms with Crippen molar-refractivity contribution < 1.29 is 9.84 Å². The predicted molar refractivity (Wildman–Crippen MR) is 93.7 cm³/mol. The van der Waals surface area contributed by atoms with Gasteiger partial charge in [0.25, 0.3) is 0 Å². The predicted octanol–water partition coefficient (Wildman–Crippen LogP) is 3.34. The van der Waals surface area contributed by atoms with Crippen molar-refractivity contribution >= 4 is 17.7 Å². The summed E-state index contributed by atoms with van der Waals surface area (Å²) in [4.78, 5) is 3.96. The van der Waals surface area contributed by atoms with E-state index in [1.54, 1.807) is 18.1 Å². The average molecular weight is 348 g/mol. The summed E-state index contributed by atoms with van der Waals surface area (Å²) in [6.07, 6.45) is 7.37. The molecule has 1 fully saturated rings. The zero-order valence-electron chi connectivity index (χ0n) is 13.9. The lowest BCUT2D eigenvalue weighted by molar-refractivity contribution is -0.180. The molecule has 5 nitrogen and oxygen atoms in total. The summed E-state index contributed by atoms with van der Waals surface area (Å²) < 4.78 is 7.36. The van der Waals surface area contributed by atoms with Crippen molar-refractivity contribution in [1.29, 1.82) is 0 Å². The van der Waals surface area contributed by atoms with Crippen LogP contribution in [0.5, 0.6) is 0 Å². The molecule has 1 aromatic carbocycles. The Kier molecular flexibility index (Phi) is 4.76. The minimum absolute atomic E-state index is 0.343. The van der Waals surface area contributed by atoms with Crippen molar-refractivity contribution in [3.05, 3.63) is 53.1 Å². The first-order valence-corrected chi connectivity index (χ1v) is 8.37. The SMILES string of the molecule is CO[C@]1(C)CC/C(=C\c2ccc(Cl)cc2)C[C@]1(O)Cn1cncn1. The molecule has 1 aliphatic carbocycles. The van der Waals surface area contributed by atoms with Crippen LogP contribution in [0.3, 0.4) is 0 Å². The molecule has 1 saturated carbocycles. The molecule has 1 N–H and O–H groups in total. The summed E-state index contributed by atoms with van der Waals surface area (Å²) in [7, 11) is 1.65. The molecule has 0 spiro atoms. The third-order valence-electron chi connectivity index (χ3n) is 5.01. The van der Waals surface area contributed by atoms with Crippen molar-refractivity contribution in [2.75, 3.05) is 7.11 Å². The molecule has 1 aromatic heterocycles. The van der Waals surface area contributed by atoms with Gasteiger partial charge in [0.1, 0.15) is 18.3 Å². The second-order valence-corrected chi connectivity index (χ2v) is 7.03. The van der Waals surface area contributed by atoms with E-state index in [0.717, 1.165) is 23.4 Å². The number of methoxy groups -OCH3 is 1. The van der Waals surface area contributed by atoms with E-state index in [-0.39, 0.29) is 0 Å². The molecular weight excluding hydrogens is 326 g/mol. The minimum atomic E-state index is -1.05. The Morgan fingerprint density at radius 3 is 2.75 bits per heavy atom. The van der Waals surface area contributed by atoms with E-state index >= 15 is 0 Å². The van der Waals surface area contributed by atoms with E-state index in [4.69, 9.17) is 16.3 Å². The van der Waals surface area contributed by atoms with Gasteiger partial charge in [0.2, 0.25) is 0 Å². The Morgan fingerprint density at radius 1 is 1.38 bits per heavy atom. The van der Waals surface area contributed by atoms with Crippen LogP contribution in [-0.2, 0) is 11.3 Å². The highest BCUT2D eigenvalue weighted by atomic mass is 35.5. The summed E-state index contributed by atoms with van der Waals surface area (Å²) in [6, 6.07) is 7.71. The van der Waals surface area contributed by atoms with E-state index in [2.05, 4.69) is 16.2 Å². The summed E-state index contributed by atoms with van der Waals surface area (Å²) in [5, 5.41) is 16.2. The van der Waals surface area contributed by atoms with Crippen LogP contribution in [0, 0.1) is 0 Å². The van der Waals surface area contributed by atoms with Crippen LogP contribution in [0.1, 0.15) is 31.7 Å². The molecule has 128 valence electrons. The maximum Gasteiger partial charge on any atom is 0.137 e. The average Bonchev–Trinajstić information content (AvgIpc) is 3.06. The van der Waals surface area contributed by atoms with Crippen LogP contribution in [0.4, 0.5) is 0 Å². The zero-order chi connectivity index (χ0) is 17.2. The first-order valence-electron chi connectivity index (χ1n) is 7.99. The first-order chi connectivity index (χ1) is 11.4. The van der Waals surface area contributed by atoms with Crippen LogP contribution < -0.4 is 0 Å². The van der Waals surface area contributed by atoms with Crippen molar-refractivity contribution in [3.8, 4) is 0 Å². The fourth-order valence-electron chi connectivity index (χ4n) is 3.30. The zero-order valence-corrected chi connectivity index (χ0v) is 14.7. The lowest BCUT2D eigenvalue weighted by Gasteiger charge is -2.48. The van der Waals surface area contributed by atoms with Crippen molar-refractivity contribution in [2.45, 2.75) is 43.9 Å². The second kappa shape index (κ2) is 6.67. The monoisotopic (exact) mass is 347 g/mol. The Hall–Kier alpha value is -1.69. The van der Waals surface area contributed by atoms with Gasteiger partial charge in [-0.15, -0.1) is 0 Å². The summed E-state index contributed by atoms with van der Waals surface area (Å²) in [5.74, 6) is 0. The van der Waals surface area contributed by atoms with Crippen LogP contribution in [0.2, 0.25) is 5.02 Å². The van der Waals surface area contributed by atoms with Crippen LogP contribution in [-0.4, -0.2) is 38.2 Å². The van der Waals surface area contributed by atoms with E-state index in [1.807, 2.05) is 31.2 Å². The molecule has 0 saturated heterocycles. The highest BCUT2D eigenvalue weighted by Crippen LogP contribution is 2.43. The lowest BCUT2D eigenvalue weighted by Crippen LogP contribution is -2.58. The molecule has 0 unspecified atom stereocenters. The number of rotatable bonds is 4. The fourth-order valence-corrected chi connectivity index (χ4v) is 3.42. The van der Waals surface area contributed by atoms with E-state index in [1.165, 1.54) is 11.9 Å². The van der Waals surface area contributed by atoms with Gasteiger partial charge in [-0.05, 0) is 37.5 Å². The molecule has 0 amide bonds. The maximum atomic E-state index is 11.4. The molecular formula is C18H22ClN3O2. The molecule has 1 aliphatic rings. The summed E-state index contributed by atoms with van der Waals surface area (Å²) >= 11 is 5.94. The highest BCUT2D eigenvalue weighted by molar-refractivity contribution is 6.30. The van der Waals surface area contributed by atoms with Crippen molar-refractivity contribution in [1.82, 2.24) is 14.8 Å². The minimum Gasteiger partial charge on any atom is -0.385 e. The number of aliphatic hydroxyl groups is 1. The lowest BCUT2D eigenvalue weighted by atomic mass is 9.70. The van der Waals surface area contributed by atoms with E-state index in [0.29, 0.717) is 13.0 Å². The Labute approximate surface area is 146 Å². The van der Waals surface area contributed by atoms with Gasteiger partial charge in [-0.1, -0.05) is 35.4 Å². The number of benzene rings is 1. The van der Waals surface area contributed by atoms with Crippen molar-refractivity contribution in [3.63, 3.8) is 0 Å². The highest BCUT2D eigenvalue weighted by Gasteiger charge is 2.50. The molecule has 0 aliphatic heterocycles. The van der Waals surface area contributed by atoms with E-state index < -0.39 is 11.2 Å².